The maximum Gasteiger partial charge on any atom is 0.530 e. The van der Waals surface area contributed by atoms with Gasteiger partial charge in [0.1, 0.15) is 65.5 Å². The monoisotopic (exact) mass is 1390 g/mol. The lowest BCUT2D eigenvalue weighted by Gasteiger charge is -2.37. The van der Waals surface area contributed by atoms with Crippen molar-refractivity contribution in [2.75, 3.05) is 44.7 Å². The van der Waals surface area contributed by atoms with Gasteiger partial charge in [-0.1, -0.05) is 105 Å². The van der Waals surface area contributed by atoms with Gasteiger partial charge in [0, 0.05) is 34.7 Å². The highest BCUT2D eigenvalue weighted by molar-refractivity contribution is 7.49. The topological polar surface area (TPSA) is 345 Å². The largest absolute Gasteiger partial charge is 0.530 e. The highest BCUT2D eigenvalue weighted by atomic mass is 35.5. The molecule has 2 saturated heterocycles. The first-order chi connectivity index (χ1) is 46.1. The van der Waals surface area contributed by atoms with Crippen molar-refractivity contribution in [3.8, 4) is 29.1 Å². The van der Waals surface area contributed by atoms with Crippen molar-refractivity contribution in [2.24, 2.45) is 11.8 Å². The Morgan fingerprint density at radius 2 is 1.04 bits per heavy atom. The SMILES string of the molecule is COc1ccc(C(OC[C@H]2O[C@@H](n3cnc4c(=O)[nH]c(NC(=O)C(C)C)nc43)C[C@@H]2OP(=O)(OC[C@H]2O[C@@H](n3cnc4c(=O)[nH]c(NC(=O)C(C)C)nc43)C[C@@H]2OP(=O)(OCCC#N)Oc2ccc(Cl)cc2)Oc2ccc(Cl)cc2)(c2ccccc2)c2ccc(OC)cc2)cc1. The van der Waals surface area contributed by atoms with Crippen LogP contribution in [0.15, 0.2) is 150 Å². The Bertz CT molecular complexity index is 4450. The lowest BCUT2D eigenvalue weighted by Crippen LogP contribution is -2.38. The number of aromatic amines is 2. The van der Waals surface area contributed by atoms with Gasteiger partial charge in [-0.2, -0.15) is 15.2 Å². The Morgan fingerprint density at radius 1 is 0.625 bits per heavy atom. The van der Waals surface area contributed by atoms with E-state index in [4.69, 9.17) is 74.0 Å². The standard InChI is InChI=1S/C64H65Cl2N11O17P2/c1-37(2)58(78)72-62-70-56-54(60(80)74-62)68-35-76(56)52-31-48(50(89-52)33-86-64(39-11-8-7-9-12-39,40-13-21-44(84-5)22-14-40)41-15-23-45(85-6)24-16-41)94-96(83,92-47-27-19-43(66)20-28-47)88-34-51-49(93-95(82,87-30-10-29-67)91-46-25-17-42(65)18-26-46)32-53(90-51)77-36-69-55-57(77)71-63(75-61(55)81)73-59(79)38(3)4/h7-9,11-28,35-38,48-53H,10,30-34H2,1-6H3,(H2,70,72,74,78,80)(H2,71,73,75,79,81)/t48-,49-,50+,51+,52+,53+,95?,96?/m0/s1. The minimum absolute atomic E-state index is 0.00462. The summed E-state index contributed by atoms with van der Waals surface area (Å²) in [7, 11) is -6.83. The number of nitrogens with zero attached hydrogens (tertiary/aromatic N) is 7. The Labute approximate surface area is 558 Å². The van der Waals surface area contributed by atoms with Crippen LogP contribution in [0.1, 0.15) is 76.1 Å². The Balaban J connectivity index is 0.995. The van der Waals surface area contributed by atoms with Gasteiger partial charge in [-0.3, -0.25) is 67.0 Å². The van der Waals surface area contributed by atoms with E-state index in [0.717, 1.165) is 0 Å². The number of carbonyl (C=O) groups excluding carboxylic acids is 2. The number of amides is 2. The number of imidazole rings is 2. The number of rotatable bonds is 28. The molecule has 28 nitrogen and oxygen atoms in total. The molecule has 0 spiro atoms. The van der Waals surface area contributed by atoms with Gasteiger partial charge in [0.25, 0.3) is 11.1 Å². The smallest absolute Gasteiger partial charge is 0.497 e. The highest BCUT2D eigenvalue weighted by Crippen LogP contribution is 2.57. The first-order valence-electron chi connectivity index (χ1n) is 30.1. The van der Waals surface area contributed by atoms with E-state index in [1.807, 2.05) is 60.7 Å². The number of phosphoric ester groups is 2. The fourth-order valence-corrected chi connectivity index (χ4v) is 13.6. The summed E-state index contributed by atoms with van der Waals surface area (Å²) < 4.78 is 104. The number of H-pyrrole nitrogens is 2. The third-order valence-corrected chi connectivity index (χ3v) is 18.9. The number of fused-ring (bicyclic) bond motifs is 2. The second-order valence-electron chi connectivity index (χ2n) is 22.6. The minimum atomic E-state index is -5.14. The zero-order valence-corrected chi connectivity index (χ0v) is 55.7. The molecule has 0 bridgehead atoms. The zero-order valence-electron chi connectivity index (χ0n) is 52.4. The number of methoxy groups -OCH3 is 2. The molecule has 2 aliphatic heterocycles. The van der Waals surface area contributed by atoms with Gasteiger partial charge >= 0.3 is 15.6 Å². The number of anilines is 2. The Hall–Kier alpha value is -8.81. The quantitative estimate of drug-likeness (QED) is 0.0201. The number of nitriles is 1. The second-order valence-corrected chi connectivity index (χ2v) is 26.6. The zero-order chi connectivity index (χ0) is 67.9. The molecule has 0 radical (unpaired) electrons. The van der Waals surface area contributed by atoms with Gasteiger partial charge in [0.15, 0.2) is 22.3 Å². The summed E-state index contributed by atoms with van der Waals surface area (Å²) in [6, 6.07) is 37.6. The predicted molar refractivity (Wildman–Crippen MR) is 350 cm³/mol. The van der Waals surface area contributed by atoms with Crippen LogP contribution >= 0.6 is 38.8 Å². The Kier molecular flexibility index (Phi) is 21.2. The predicted octanol–water partition coefficient (Wildman–Crippen LogP) is 11.4. The van der Waals surface area contributed by atoms with E-state index in [1.54, 1.807) is 66.2 Å². The van der Waals surface area contributed by atoms with Gasteiger partial charge in [-0.05, 0) is 89.5 Å². The second kappa shape index (κ2) is 29.7. The van der Waals surface area contributed by atoms with Crippen LogP contribution in [0.3, 0.4) is 0 Å². The van der Waals surface area contributed by atoms with Crippen LogP contribution in [0, 0.1) is 23.2 Å². The average molecular weight is 1390 g/mol. The molecule has 0 aliphatic carbocycles. The molecule has 2 unspecified atom stereocenters. The van der Waals surface area contributed by atoms with Crippen molar-refractivity contribution in [2.45, 2.75) is 89.4 Å². The van der Waals surface area contributed by atoms with Gasteiger partial charge < -0.3 is 32.7 Å². The normalized spacial score (nSPS) is 19.2. The van der Waals surface area contributed by atoms with Crippen LogP contribution in [0.4, 0.5) is 11.9 Å². The van der Waals surface area contributed by atoms with Crippen molar-refractivity contribution < 1.29 is 69.5 Å². The van der Waals surface area contributed by atoms with Crippen molar-refractivity contribution in [3.05, 3.63) is 187 Å². The van der Waals surface area contributed by atoms with Crippen molar-refractivity contribution in [1.29, 1.82) is 5.26 Å². The van der Waals surface area contributed by atoms with Gasteiger partial charge in [-0.25, -0.2) is 19.1 Å². The summed E-state index contributed by atoms with van der Waals surface area (Å²) in [5, 5.41) is 15.4. The van der Waals surface area contributed by atoms with Crippen LogP contribution < -0.4 is 40.3 Å². The van der Waals surface area contributed by atoms with Gasteiger partial charge in [0.2, 0.25) is 23.7 Å². The van der Waals surface area contributed by atoms with Gasteiger partial charge in [0.05, 0.1) is 59.2 Å². The molecule has 11 rings (SSSR count). The summed E-state index contributed by atoms with van der Waals surface area (Å²) in [6.45, 7) is 5.15. The number of hydrogen-bond donors (Lipinski definition) is 4. The molecule has 9 aromatic rings. The van der Waals surface area contributed by atoms with Crippen LogP contribution in [0.2, 0.25) is 10.0 Å². The maximum absolute atomic E-state index is 16.2. The van der Waals surface area contributed by atoms with E-state index in [0.29, 0.717) is 38.2 Å². The Morgan fingerprint density at radius 3 is 1.47 bits per heavy atom. The third kappa shape index (κ3) is 15.5. The molecular weight excluding hydrogens is 1330 g/mol. The molecule has 6 heterocycles. The molecule has 32 heteroatoms. The first-order valence-corrected chi connectivity index (χ1v) is 33.8. The molecule has 0 saturated carbocycles. The first kappa shape index (κ1) is 68.6. The molecule has 96 heavy (non-hydrogen) atoms. The van der Waals surface area contributed by atoms with Crippen LogP contribution in [0.5, 0.6) is 23.0 Å². The molecule has 8 atom stereocenters. The van der Waals surface area contributed by atoms with E-state index in [-0.39, 0.29) is 71.6 Å². The van der Waals surface area contributed by atoms with E-state index < -0.39 is 106 Å². The fraction of sp³-hybridized carbons (Fsp3) is 0.328. The number of ether oxygens (including phenoxy) is 5. The molecule has 2 aliphatic rings. The number of phosphoric acid groups is 2. The lowest BCUT2D eigenvalue weighted by molar-refractivity contribution is -0.119. The summed E-state index contributed by atoms with van der Waals surface area (Å²) in [6.07, 6.45) is -5.81. The van der Waals surface area contributed by atoms with Crippen molar-refractivity contribution >= 4 is 84.9 Å². The third-order valence-electron chi connectivity index (χ3n) is 15.5. The fourth-order valence-electron chi connectivity index (χ4n) is 10.6. The molecular formula is C64H65Cl2N11O17P2. The van der Waals surface area contributed by atoms with Crippen LogP contribution in [0.25, 0.3) is 22.3 Å². The highest BCUT2D eigenvalue weighted by Gasteiger charge is 2.50. The number of halogens is 2. The van der Waals surface area contributed by atoms with E-state index in [2.05, 4.69) is 40.5 Å². The van der Waals surface area contributed by atoms with Crippen LogP contribution in [-0.4, -0.2) is 109 Å². The van der Waals surface area contributed by atoms with E-state index in [9.17, 15) is 29.0 Å². The number of benzene rings is 5. The molecule has 502 valence electrons. The summed E-state index contributed by atoms with van der Waals surface area (Å²) in [5.74, 6) is -1.09. The number of aromatic nitrogens is 8. The van der Waals surface area contributed by atoms with Gasteiger partial charge in [-0.15, -0.1) is 0 Å². The minimum Gasteiger partial charge on any atom is -0.497 e. The van der Waals surface area contributed by atoms with E-state index in [1.165, 1.54) is 70.3 Å². The average Bonchev–Trinajstić information content (AvgIpc) is 0.839. The van der Waals surface area contributed by atoms with E-state index >= 15 is 4.57 Å². The number of carbonyl (C=O) groups is 2. The summed E-state index contributed by atoms with van der Waals surface area (Å²) in [4.78, 5) is 75.8. The molecule has 2 amide bonds. The molecule has 4 aromatic heterocycles. The lowest BCUT2D eigenvalue weighted by atomic mass is 9.80. The number of nitrogens with one attached hydrogen (secondary N) is 4. The summed E-state index contributed by atoms with van der Waals surface area (Å²) >= 11 is 12.6. The summed E-state index contributed by atoms with van der Waals surface area (Å²) in [5.41, 5.74) is -1.11. The van der Waals surface area contributed by atoms with Crippen molar-refractivity contribution in [1.82, 2.24) is 39.0 Å². The molecule has 5 aromatic carbocycles. The van der Waals surface area contributed by atoms with Crippen LogP contribution in [-0.2, 0) is 56.6 Å². The number of hydrogen-bond acceptors (Lipinski definition) is 22. The van der Waals surface area contributed by atoms with Crippen molar-refractivity contribution in [3.63, 3.8) is 0 Å². The molecule has 2 fully saturated rings. The maximum atomic E-state index is 16.2. The molecule has 4 N–H and O–H groups in total.